The number of rotatable bonds is 7. The summed E-state index contributed by atoms with van der Waals surface area (Å²) in [5, 5.41) is 5.54. The van der Waals surface area contributed by atoms with E-state index in [1.165, 1.54) is 12.1 Å². The van der Waals surface area contributed by atoms with Crippen molar-refractivity contribution in [3.8, 4) is 0 Å². The van der Waals surface area contributed by atoms with E-state index in [9.17, 15) is 14.0 Å². The lowest BCUT2D eigenvalue weighted by molar-refractivity contribution is -0.127. The highest BCUT2D eigenvalue weighted by molar-refractivity contribution is 5.87. The van der Waals surface area contributed by atoms with Crippen LogP contribution in [0.3, 0.4) is 0 Å². The highest BCUT2D eigenvalue weighted by atomic mass is 35.5. The lowest BCUT2D eigenvalue weighted by Crippen LogP contribution is -2.47. The normalized spacial score (nSPS) is 16.7. The molecule has 1 aromatic carbocycles. The summed E-state index contributed by atoms with van der Waals surface area (Å²) >= 11 is 0. The van der Waals surface area contributed by atoms with Gasteiger partial charge in [-0.1, -0.05) is 38.8 Å². The van der Waals surface area contributed by atoms with E-state index in [-0.39, 0.29) is 48.5 Å². The maximum atomic E-state index is 13.6. The third kappa shape index (κ3) is 6.25. The molecule has 1 unspecified atom stereocenters. The molecular weight excluding hydrogens is 357 g/mol. The monoisotopic (exact) mass is 385 g/mol. The van der Waals surface area contributed by atoms with Gasteiger partial charge in [0, 0.05) is 0 Å². The molecule has 0 spiro atoms. The standard InChI is InChI=1S/C19H28FN3O2.ClH/c1-12(2)17(21)19(25)22-11-16(24)23-18(13-6-3-4-7-13)14-8-5-9-15(20)10-14;/h5,8-10,12-13,17-18H,3-4,6-7,11,21H2,1-2H3,(H,22,25)(H,23,24);1H/t17-,18?;/m0./s1. The summed E-state index contributed by atoms with van der Waals surface area (Å²) in [5.74, 6) is -0.647. The molecule has 1 saturated carbocycles. The van der Waals surface area contributed by atoms with Gasteiger partial charge in [-0.05, 0) is 42.4 Å². The third-order valence-corrected chi connectivity index (χ3v) is 4.84. The van der Waals surface area contributed by atoms with E-state index in [4.69, 9.17) is 5.73 Å². The topological polar surface area (TPSA) is 84.2 Å². The summed E-state index contributed by atoms with van der Waals surface area (Å²) in [6, 6.07) is 5.48. The Bertz CT molecular complexity index is 606. The molecule has 0 aliphatic heterocycles. The molecule has 2 amide bonds. The molecule has 1 aliphatic carbocycles. The molecular formula is C19H29ClFN3O2. The van der Waals surface area contributed by atoms with Crippen molar-refractivity contribution >= 4 is 24.2 Å². The summed E-state index contributed by atoms with van der Waals surface area (Å²) in [6.45, 7) is 3.58. The first-order chi connectivity index (χ1) is 11.9. The zero-order chi connectivity index (χ0) is 18.4. The van der Waals surface area contributed by atoms with Gasteiger partial charge in [-0.25, -0.2) is 4.39 Å². The maximum absolute atomic E-state index is 13.6. The Balaban J connectivity index is 0.00000338. The summed E-state index contributed by atoms with van der Waals surface area (Å²) in [5.41, 5.74) is 6.54. The first kappa shape index (κ1) is 22.4. The summed E-state index contributed by atoms with van der Waals surface area (Å²) in [6.07, 6.45) is 4.25. The number of nitrogens with one attached hydrogen (secondary N) is 2. The number of halogens is 2. The van der Waals surface area contributed by atoms with Crippen LogP contribution in [0.25, 0.3) is 0 Å². The number of carbonyl (C=O) groups excluding carboxylic acids is 2. The van der Waals surface area contributed by atoms with Crippen LogP contribution in [0.2, 0.25) is 0 Å². The molecule has 2 atom stereocenters. The molecule has 5 nitrogen and oxygen atoms in total. The van der Waals surface area contributed by atoms with E-state index in [0.29, 0.717) is 5.92 Å². The molecule has 2 rings (SSSR count). The van der Waals surface area contributed by atoms with Crippen LogP contribution in [-0.2, 0) is 9.59 Å². The van der Waals surface area contributed by atoms with Crippen molar-refractivity contribution < 1.29 is 14.0 Å². The smallest absolute Gasteiger partial charge is 0.239 e. The van der Waals surface area contributed by atoms with Crippen LogP contribution in [0.5, 0.6) is 0 Å². The SMILES string of the molecule is CC(C)[C@H](N)C(=O)NCC(=O)NC(c1cccc(F)c1)C1CCCC1.Cl. The van der Waals surface area contributed by atoms with Gasteiger partial charge in [-0.2, -0.15) is 0 Å². The molecule has 146 valence electrons. The summed E-state index contributed by atoms with van der Waals surface area (Å²) in [4.78, 5) is 24.2. The van der Waals surface area contributed by atoms with Gasteiger partial charge in [-0.3, -0.25) is 9.59 Å². The van der Waals surface area contributed by atoms with Crippen LogP contribution in [0.15, 0.2) is 24.3 Å². The van der Waals surface area contributed by atoms with E-state index < -0.39 is 6.04 Å². The van der Waals surface area contributed by atoms with E-state index in [0.717, 1.165) is 31.2 Å². The van der Waals surface area contributed by atoms with Crippen molar-refractivity contribution in [3.63, 3.8) is 0 Å². The van der Waals surface area contributed by atoms with Gasteiger partial charge in [0.1, 0.15) is 5.82 Å². The number of hydrogen-bond acceptors (Lipinski definition) is 3. The second-order valence-corrected chi connectivity index (χ2v) is 7.13. The average Bonchev–Trinajstić information content (AvgIpc) is 3.10. The Morgan fingerprint density at radius 3 is 2.50 bits per heavy atom. The largest absolute Gasteiger partial charge is 0.347 e. The Kier molecular flexibility index (Phi) is 9.02. The Hall–Kier alpha value is -1.66. The van der Waals surface area contributed by atoms with Crippen molar-refractivity contribution in [1.82, 2.24) is 10.6 Å². The van der Waals surface area contributed by atoms with Crippen LogP contribution in [0.1, 0.15) is 51.1 Å². The average molecular weight is 386 g/mol. The first-order valence-electron chi connectivity index (χ1n) is 8.96. The molecule has 0 radical (unpaired) electrons. The van der Waals surface area contributed by atoms with E-state index in [1.54, 1.807) is 6.07 Å². The van der Waals surface area contributed by atoms with Crippen LogP contribution in [-0.4, -0.2) is 24.4 Å². The minimum absolute atomic E-state index is 0. The fourth-order valence-electron chi connectivity index (χ4n) is 3.28. The fraction of sp³-hybridized carbons (Fsp3) is 0.579. The van der Waals surface area contributed by atoms with E-state index >= 15 is 0 Å². The highest BCUT2D eigenvalue weighted by Gasteiger charge is 2.28. The van der Waals surface area contributed by atoms with Gasteiger partial charge in [0.25, 0.3) is 0 Å². The molecule has 4 N–H and O–H groups in total. The van der Waals surface area contributed by atoms with Crippen molar-refractivity contribution in [2.24, 2.45) is 17.6 Å². The number of nitrogens with two attached hydrogens (primary N) is 1. The number of benzene rings is 1. The van der Waals surface area contributed by atoms with Gasteiger partial charge >= 0.3 is 0 Å². The molecule has 0 aromatic heterocycles. The van der Waals surface area contributed by atoms with Crippen molar-refractivity contribution in [3.05, 3.63) is 35.6 Å². The Labute approximate surface area is 160 Å². The second-order valence-electron chi connectivity index (χ2n) is 7.13. The lowest BCUT2D eigenvalue weighted by Gasteiger charge is -2.25. The molecule has 0 heterocycles. The Morgan fingerprint density at radius 2 is 1.92 bits per heavy atom. The first-order valence-corrected chi connectivity index (χ1v) is 8.96. The number of hydrogen-bond donors (Lipinski definition) is 3. The van der Waals surface area contributed by atoms with Gasteiger partial charge < -0.3 is 16.4 Å². The summed E-state index contributed by atoms with van der Waals surface area (Å²) < 4.78 is 13.6. The zero-order valence-corrected chi connectivity index (χ0v) is 16.2. The lowest BCUT2D eigenvalue weighted by atomic mass is 9.91. The van der Waals surface area contributed by atoms with Gasteiger partial charge in [-0.15, -0.1) is 12.4 Å². The minimum Gasteiger partial charge on any atom is -0.347 e. The Morgan fingerprint density at radius 1 is 1.27 bits per heavy atom. The number of amides is 2. The quantitative estimate of drug-likeness (QED) is 0.674. The molecule has 0 saturated heterocycles. The predicted octanol–water partition coefficient (Wildman–Crippen LogP) is 2.69. The highest BCUT2D eigenvalue weighted by Crippen LogP contribution is 2.35. The van der Waals surface area contributed by atoms with Crippen LogP contribution in [0.4, 0.5) is 4.39 Å². The van der Waals surface area contributed by atoms with E-state index in [1.807, 2.05) is 19.9 Å². The maximum Gasteiger partial charge on any atom is 0.239 e. The summed E-state index contributed by atoms with van der Waals surface area (Å²) in [7, 11) is 0. The third-order valence-electron chi connectivity index (χ3n) is 4.84. The van der Waals surface area contributed by atoms with Crippen LogP contribution < -0.4 is 16.4 Å². The van der Waals surface area contributed by atoms with Gasteiger partial charge in [0.05, 0.1) is 18.6 Å². The molecule has 0 bridgehead atoms. The van der Waals surface area contributed by atoms with Crippen molar-refractivity contribution in [2.75, 3.05) is 6.54 Å². The molecule has 1 aliphatic rings. The van der Waals surface area contributed by atoms with Crippen molar-refractivity contribution in [1.29, 1.82) is 0 Å². The molecule has 1 fully saturated rings. The van der Waals surface area contributed by atoms with Gasteiger partial charge in [0.15, 0.2) is 0 Å². The zero-order valence-electron chi connectivity index (χ0n) is 15.3. The predicted molar refractivity (Wildman–Crippen MR) is 102 cm³/mol. The van der Waals surface area contributed by atoms with E-state index in [2.05, 4.69) is 10.6 Å². The molecule has 26 heavy (non-hydrogen) atoms. The fourth-order valence-corrected chi connectivity index (χ4v) is 3.28. The minimum atomic E-state index is -0.637. The van der Waals surface area contributed by atoms with Crippen LogP contribution >= 0.6 is 12.4 Å². The van der Waals surface area contributed by atoms with Crippen molar-refractivity contribution in [2.45, 2.75) is 51.6 Å². The van der Waals surface area contributed by atoms with Gasteiger partial charge in [0.2, 0.25) is 11.8 Å². The molecule has 7 heteroatoms. The number of carbonyl (C=O) groups is 2. The second kappa shape index (κ2) is 10.5. The molecule has 1 aromatic rings. The van der Waals surface area contributed by atoms with Crippen LogP contribution in [0, 0.1) is 17.7 Å².